The van der Waals surface area contributed by atoms with Gasteiger partial charge in [-0.15, -0.1) is 0 Å². The number of phosphoric ester groups is 2. The fourth-order valence-corrected chi connectivity index (χ4v) is 8.57. The Labute approximate surface area is 377 Å². The van der Waals surface area contributed by atoms with E-state index in [0.29, 0.717) is 32.1 Å². The molecule has 0 aromatic heterocycles. The molecule has 0 aromatic carbocycles. The molecule has 0 bridgehead atoms. The van der Waals surface area contributed by atoms with Crippen LogP contribution in [0.5, 0.6) is 0 Å². The summed E-state index contributed by atoms with van der Waals surface area (Å²) in [5.41, 5.74) is 0. The minimum atomic E-state index is -4.89. The van der Waals surface area contributed by atoms with Crippen LogP contribution in [0.2, 0.25) is 0 Å². The molecule has 1 unspecified atom stereocenters. The molecular formula is C45H84O16P2. The van der Waals surface area contributed by atoms with Crippen LogP contribution in [0.15, 0.2) is 24.3 Å². The number of carbonyl (C=O) groups excluding carboxylic acids is 2. The summed E-state index contributed by atoms with van der Waals surface area (Å²) < 4.78 is 47.9. The number of phosphoric acid groups is 2. The second-order valence-corrected chi connectivity index (χ2v) is 20.2. The first-order valence-corrected chi connectivity index (χ1v) is 26.7. The lowest BCUT2D eigenvalue weighted by Gasteiger charge is -2.20. The Morgan fingerprint density at radius 3 is 1.83 bits per heavy atom. The van der Waals surface area contributed by atoms with E-state index in [0.717, 1.165) is 50.9 Å². The number of hydrogen-bond acceptors (Lipinski definition) is 13. The zero-order valence-corrected chi connectivity index (χ0v) is 40.2. The van der Waals surface area contributed by atoms with Crippen molar-refractivity contribution < 1.29 is 76.9 Å². The molecular weight excluding hydrogens is 858 g/mol. The first-order valence-electron chi connectivity index (χ1n) is 23.6. The third kappa shape index (κ3) is 33.6. The van der Waals surface area contributed by atoms with E-state index in [9.17, 15) is 44.0 Å². The molecule has 1 aliphatic carbocycles. The molecule has 18 heteroatoms. The molecule has 0 heterocycles. The number of aliphatic hydroxyl groups is 4. The van der Waals surface area contributed by atoms with Crippen LogP contribution in [-0.4, -0.2) is 104 Å². The third-order valence-electron chi connectivity index (χ3n) is 11.1. The number of ether oxygens (including phenoxy) is 2. The molecule has 1 saturated carbocycles. The summed E-state index contributed by atoms with van der Waals surface area (Å²) in [5, 5.41) is 41.1. The Morgan fingerprint density at radius 1 is 0.667 bits per heavy atom. The Kier molecular flexibility index (Phi) is 33.7. The molecule has 7 N–H and O–H groups in total. The van der Waals surface area contributed by atoms with Crippen molar-refractivity contribution in [3.05, 3.63) is 24.3 Å². The van der Waals surface area contributed by atoms with E-state index in [2.05, 4.69) is 29.8 Å². The molecule has 8 atom stereocenters. The van der Waals surface area contributed by atoms with Gasteiger partial charge in [-0.2, -0.15) is 0 Å². The first-order chi connectivity index (χ1) is 29.9. The molecule has 0 saturated heterocycles. The lowest BCUT2D eigenvalue weighted by atomic mass is 9.89. The minimum Gasteiger partial charge on any atom is -0.462 e. The standard InChI is InChI=1S/C45H84O16P2/c1-4-5-19-25-37(46)29-30-41-40(42(48)31-43(41)49)26-21-17-18-22-27-44(50)57-34-39(35-60-63(55,56)59-33-38(47)32-58-62(52,53)54)61-45(51)28-23-16-14-12-10-8-6-7-9-11-13-15-20-24-36(2)3/h17,21,29-30,36-43,46-49H,4-16,18-20,22-28,31-35H2,1-3H3,(H,55,56)(H2,52,53,54)/b21-17+,30-29+/t37-,38-,39+,40+,41+,42-,43+/m0/s1. The van der Waals surface area contributed by atoms with Gasteiger partial charge in [-0.05, 0) is 43.9 Å². The van der Waals surface area contributed by atoms with Gasteiger partial charge in [0.2, 0.25) is 0 Å². The molecule has 0 amide bonds. The number of esters is 2. The Morgan fingerprint density at radius 2 is 1.22 bits per heavy atom. The predicted molar refractivity (Wildman–Crippen MR) is 241 cm³/mol. The van der Waals surface area contributed by atoms with Gasteiger partial charge in [0.25, 0.3) is 0 Å². The molecule has 0 aliphatic heterocycles. The Bertz CT molecular complexity index is 1340. The zero-order valence-electron chi connectivity index (χ0n) is 38.4. The molecule has 16 nitrogen and oxygen atoms in total. The molecule has 1 fully saturated rings. The topological polar surface area (TPSA) is 256 Å². The van der Waals surface area contributed by atoms with Crippen LogP contribution in [0.4, 0.5) is 0 Å². The summed E-state index contributed by atoms with van der Waals surface area (Å²) in [6, 6.07) is 0. The van der Waals surface area contributed by atoms with Crippen LogP contribution in [0.25, 0.3) is 0 Å². The molecule has 1 rings (SSSR count). The Balaban J connectivity index is 2.53. The van der Waals surface area contributed by atoms with Gasteiger partial charge in [-0.3, -0.25) is 23.2 Å². The van der Waals surface area contributed by atoms with E-state index in [1.54, 1.807) is 6.08 Å². The van der Waals surface area contributed by atoms with Gasteiger partial charge >= 0.3 is 27.6 Å². The summed E-state index contributed by atoms with van der Waals surface area (Å²) in [5.74, 6) is -0.914. The van der Waals surface area contributed by atoms with Gasteiger partial charge in [0.15, 0.2) is 6.10 Å². The normalized spacial score (nSPS) is 20.7. The fourth-order valence-electron chi connectivity index (χ4n) is 7.41. The largest absolute Gasteiger partial charge is 0.472 e. The number of unbranched alkanes of at least 4 members (excludes halogenated alkanes) is 15. The number of aliphatic hydroxyl groups excluding tert-OH is 4. The summed E-state index contributed by atoms with van der Waals surface area (Å²) in [4.78, 5) is 53.0. The van der Waals surface area contributed by atoms with Crippen molar-refractivity contribution in [1.82, 2.24) is 0 Å². The molecule has 0 radical (unpaired) electrons. The van der Waals surface area contributed by atoms with Gasteiger partial charge in [-0.1, -0.05) is 148 Å². The van der Waals surface area contributed by atoms with Crippen molar-refractivity contribution in [2.45, 2.75) is 205 Å². The van der Waals surface area contributed by atoms with Crippen molar-refractivity contribution in [1.29, 1.82) is 0 Å². The average molecular weight is 943 g/mol. The van der Waals surface area contributed by atoms with Gasteiger partial charge in [-0.25, -0.2) is 9.13 Å². The fraction of sp³-hybridized carbons (Fsp3) is 0.867. The van der Waals surface area contributed by atoms with E-state index in [4.69, 9.17) is 23.8 Å². The van der Waals surface area contributed by atoms with Crippen molar-refractivity contribution >= 4 is 27.6 Å². The molecule has 63 heavy (non-hydrogen) atoms. The van der Waals surface area contributed by atoms with E-state index in [1.165, 1.54) is 57.8 Å². The zero-order chi connectivity index (χ0) is 46.9. The summed E-state index contributed by atoms with van der Waals surface area (Å²) in [7, 11) is -9.76. The van der Waals surface area contributed by atoms with Crippen molar-refractivity contribution in [3.63, 3.8) is 0 Å². The number of hydrogen-bond donors (Lipinski definition) is 7. The van der Waals surface area contributed by atoms with Gasteiger partial charge in [0.1, 0.15) is 12.7 Å². The second-order valence-electron chi connectivity index (χ2n) is 17.5. The van der Waals surface area contributed by atoms with Gasteiger partial charge in [0.05, 0.1) is 38.1 Å². The maximum absolute atomic E-state index is 12.7. The van der Waals surface area contributed by atoms with Gasteiger partial charge < -0.3 is 44.6 Å². The third-order valence-corrected chi connectivity index (χ3v) is 12.5. The molecule has 1 aliphatic rings. The number of carbonyl (C=O) groups is 2. The van der Waals surface area contributed by atoms with E-state index in [1.807, 2.05) is 18.2 Å². The van der Waals surface area contributed by atoms with E-state index in [-0.39, 0.29) is 31.1 Å². The van der Waals surface area contributed by atoms with Crippen LogP contribution < -0.4 is 0 Å². The highest BCUT2D eigenvalue weighted by Crippen LogP contribution is 2.44. The lowest BCUT2D eigenvalue weighted by molar-refractivity contribution is -0.161. The van der Waals surface area contributed by atoms with Crippen molar-refractivity contribution in [2.75, 3.05) is 26.4 Å². The summed E-state index contributed by atoms with van der Waals surface area (Å²) >= 11 is 0. The molecule has 0 spiro atoms. The highest BCUT2D eigenvalue weighted by atomic mass is 31.2. The summed E-state index contributed by atoms with van der Waals surface area (Å²) in [6.45, 7) is 3.72. The van der Waals surface area contributed by atoms with E-state index < -0.39 is 84.5 Å². The maximum atomic E-state index is 12.7. The van der Waals surface area contributed by atoms with Gasteiger partial charge in [0, 0.05) is 25.2 Å². The first kappa shape index (κ1) is 59.5. The predicted octanol–water partition coefficient (Wildman–Crippen LogP) is 8.52. The number of allylic oxidation sites excluding steroid dienone is 2. The van der Waals surface area contributed by atoms with Crippen molar-refractivity contribution in [3.8, 4) is 0 Å². The van der Waals surface area contributed by atoms with Crippen LogP contribution in [0, 0.1) is 17.8 Å². The van der Waals surface area contributed by atoms with Crippen LogP contribution >= 0.6 is 15.6 Å². The Hall–Kier alpha value is -1.52. The average Bonchev–Trinajstić information content (AvgIpc) is 3.49. The van der Waals surface area contributed by atoms with Crippen LogP contribution in [0.1, 0.15) is 175 Å². The highest BCUT2D eigenvalue weighted by Gasteiger charge is 2.39. The van der Waals surface area contributed by atoms with E-state index >= 15 is 0 Å². The highest BCUT2D eigenvalue weighted by molar-refractivity contribution is 7.47. The molecule has 370 valence electrons. The minimum absolute atomic E-state index is 0.0205. The smallest absolute Gasteiger partial charge is 0.462 e. The second kappa shape index (κ2) is 35.6. The van der Waals surface area contributed by atoms with Crippen LogP contribution in [0.3, 0.4) is 0 Å². The quantitative estimate of drug-likeness (QED) is 0.0131. The summed E-state index contributed by atoms with van der Waals surface area (Å²) in [6.07, 6.45) is 24.1. The van der Waals surface area contributed by atoms with Crippen LogP contribution in [-0.2, 0) is 41.8 Å². The maximum Gasteiger partial charge on any atom is 0.472 e. The molecule has 0 aromatic rings. The SMILES string of the molecule is CCCCC[C@H](O)/C=C/[C@@H]1[C@@H](C/C=C/CCCC(=O)OC[C@H](COP(=O)(O)OC[C@@H](O)COP(=O)(O)O)OC(=O)CCCCCCCCCCCCCCCC(C)C)[C@@H](O)C[C@H]1O. The lowest BCUT2D eigenvalue weighted by Crippen LogP contribution is -2.30. The number of rotatable bonds is 40. The monoisotopic (exact) mass is 943 g/mol. The van der Waals surface area contributed by atoms with Crippen molar-refractivity contribution in [2.24, 2.45) is 17.8 Å².